The lowest BCUT2D eigenvalue weighted by molar-refractivity contribution is 0.169. The SMILES string of the molecule is CC1CN(c2nc3sccn3c2CBr)CC(C)N1C. The molecule has 3 rings (SSSR count). The van der Waals surface area contributed by atoms with Gasteiger partial charge in [-0.05, 0) is 20.9 Å². The second kappa shape index (κ2) is 5.07. The lowest BCUT2D eigenvalue weighted by Crippen LogP contribution is -2.55. The van der Waals surface area contributed by atoms with Crippen molar-refractivity contribution in [2.75, 3.05) is 25.0 Å². The molecule has 0 spiro atoms. The second-order valence-corrected chi connectivity index (χ2v) is 6.77. The van der Waals surface area contributed by atoms with E-state index in [1.807, 2.05) is 0 Å². The molecule has 2 atom stereocenters. The molecular weight excluding hydrogens is 324 g/mol. The van der Waals surface area contributed by atoms with E-state index in [0.29, 0.717) is 12.1 Å². The van der Waals surface area contributed by atoms with Crippen LogP contribution in [0.4, 0.5) is 5.82 Å². The van der Waals surface area contributed by atoms with Gasteiger partial charge in [0.1, 0.15) is 0 Å². The van der Waals surface area contributed by atoms with Crippen LogP contribution >= 0.6 is 27.3 Å². The summed E-state index contributed by atoms with van der Waals surface area (Å²) in [5.74, 6) is 1.15. The number of hydrogen-bond acceptors (Lipinski definition) is 4. The third kappa shape index (κ3) is 2.19. The molecule has 0 N–H and O–H groups in total. The van der Waals surface area contributed by atoms with Crippen LogP contribution in [0.25, 0.3) is 4.96 Å². The molecule has 0 bridgehead atoms. The summed E-state index contributed by atoms with van der Waals surface area (Å²) in [4.78, 5) is 10.8. The number of fused-ring (bicyclic) bond motifs is 1. The number of nitrogens with zero attached hydrogens (tertiary/aromatic N) is 4. The van der Waals surface area contributed by atoms with Crippen molar-refractivity contribution < 1.29 is 0 Å². The Labute approximate surface area is 126 Å². The summed E-state index contributed by atoms with van der Waals surface area (Å²) in [5.41, 5.74) is 1.26. The molecule has 19 heavy (non-hydrogen) atoms. The van der Waals surface area contributed by atoms with E-state index < -0.39 is 0 Å². The Hall–Kier alpha value is -0.590. The minimum atomic E-state index is 0.562. The topological polar surface area (TPSA) is 23.8 Å². The number of thiazole rings is 1. The Kier molecular flexibility index (Phi) is 3.57. The third-order valence-corrected chi connectivity index (χ3v) is 5.41. The molecule has 2 aromatic heterocycles. The van der Waals surface area contributed by atoms with Crippen molar-refractivity contribution in [2.45, 2.75) is 31.3 Å². The summed E-state index contributed by atoms with van der Waals surface area (Å²) in [7, 11) is 2.21. The van der Waals surface area contributed by atoms with Crippen LogP contribution < -0.4 is 4.90 Å². The molecule has 0 amide bonds. The van der Waals surface area contributed by atoms with Gasteiger partial charge in [-0.25, -0.2) is 4.98 Å². The van der Waals surface area contributed by atoms with E-state index in [2.05, 4.69) is 62.6 Å². The number of rotatable bonds is 2. The molecule has 2 unspecified atom stereocenters. The molecule has 0 aliphatic carbocycles. The van der Waals surface area contributed by atoms with Crippen LogP contribution in [0.5, 0.6) is 0 Å². The molecule has 1 aliphatic heterocycles. The first-order valence-electron chi connectivity index (χ1n) is 6.59. The number of hydrogen-bond donors (Lipinski definition) is 0. The molecule has 0 aromatic carbocycles. The van der Waals surface area contributed by atoms with Gasteiger partial charge in [0.2, 0.25) is 0 Å². The normalized spacial score (nSPS) is 25.4. The summed E-state index contributed by atoms with van der Waals surface area (Å²) in [6.07, 6.45) is 2.11. The Morgan fingerprint density at radius 3 is 2.68 bits per heavy atom. The van der Waals surface area contributed by atoms with Crippen LogP contribution in [0.3, 0.4) is 0 Å². The third-order valence-electron chi connectivity index (χ3n) is 4.13. The minimum absolute atomic E-state index is 0.562. The van der Waals surface area contributed by atoms with Crippen LogP contribution in [0, 0.1) is 0 Å². The van der Waals surface area contributed by atoms with Crippen molar-refractivity contribution in [1.29, 1.82) is 0 Å². The molecule has 104 valence electrons. The molecule has 3 heterocycles. The van der Waals surface area contributed by atoms with Crippen molar-refractivity contribution in [3.05, 3.63) is 17.3 Å². The average Bonchev–Trinajstić information content (AvgIpc) is 2.94. The fourth-order valence-electron chi connectivity index (χ4n) is 2.78. The molecule has 1 fully saturated rings. The highest BCUT2D eigenvalue weighted by Crippen LogP contribution is 2.29. The fraction of sp³-hybridized carbons (Fsp3) is 0.615. The zero-order chi connectivity index (χ0) is 13.6. The van der Waals surface area contributed by atoms with Crippen molar-refractivity contribution in [1.82, 2.24) is 14.3 Å². The van der Waals surface area contributed by atoms with Crippen LogP contribution in [0.2, 0.25) is 0 Å². The van der Waals surface area contributed by atoms with E-state index in [0.717, 1.165) is 29.2 Å². The summed E-state index contributed by atoms with van der Waals surface area (Å²) in [5, 5.41) is 2.93. The Morgan fingerprint density at radius 1 is 1.37 bits per heavy atom. The van der Waals surface area contributed by atoms with Gasteiger partial charge in [0.05, 0.1) is 5.69 Å². The zero-order valence-electron chi connectivity index (χ0n) is 11.5. The Bertz CT molecular complexity index is 566. The largest absolute Gasteiger partial charge is 0.352 e. The lowest BCUT2D eigenvalue weighted by Gasteiger charge is -2.42. The van der Waals surface area contributed by atoms with E-state index in [9.17, 15) is 0 Å². The maximum Gasteiger partial charge on any atom is 0.195 e. The number of piperazine rings is 1. The van der Waals surface area contributed by atoms with Crippen molar-refractivity contribution in [3.8, 4) is 0 Å². The van der Waals surface area contributed by atoms with Gasteiger partial charge < -0.3 is 4.90 Å². The van der Waals surface area contributed by atoms with Gasteiger partial charge in [-0.1, -0.05) is 15.9 Å². The van der Waals surface area contributed by atoms with Crippen LogP contribution in [-0.2, 0) is 5.33 Å². The van der Waals surface area contributed by atoms with Gasteiger partial charge in [-0.15, -0.1) is 11.3 Å². The smallest absolute Gasteiger partial charge is 0.195 e. The van der Waals surface area contributed by atoms with E-state index >= 15 is 0 Å². The Morgan fingerprint density at radius 2 is 2.05 bits per heavy atom. The zero-order valence-corrected chi connectivity index (χ0v) is 13.9. The number of halogens is 1. The molecule has 6 heteroatoms. The predicted octanol–water partition coefficient (Wildman–Crippen LogP) is 2.82. The van der Waals surface area contributed by atoms with Crippen LogP contribution in [0.15, 0.2) is 11.6 Å². The van der Waals surface area contributed by atoms with Crippen LogP contribution in [0.1, 0.15) is 19.5 Å². The lowest BCUT2D eigenvalue weighted by atomic mass is 10.1. The molecule has 4 nitrogen and oxygen atoms in total. The maximum absolute atomic E-state index is 4.82. The molecule has 0 saturated carbocycles. The van der Waals surface area contributed by atoms with Gasteiger partial charge in [-0.3, -0.25) is 9.30 Å². The molecule has 0 radical (unpaired) electrons. The molecule has 1 saturated heterocycles. The fourth-order valence-corrected chi connectivity index (χ4v) is 4.02. The highest BCUT2D eigenvalue weighted by atomic mass is 79.9. The van der Waals surface area contributed by atoms with Gasteiger partial charge in [-0.2, -0.15) is 0 Å². The predicted molar refractivity (Wildman–Crippen MR) is 84.6 cm³/mol. The average molecular weight is 343 g/mol. The van der Waals surface area contributed by atoms with Gasteiger partial charge in [0.25, 0.3) is 0 Å². The number of aromatic nitrogens is 2. The van der Waals surface area contributed by atoms with E-state index in [4.69, 9.17) is 4.98 Å². The quantitative estimate of drug-likeness (QED) is 0.784. The number of likely N-dealkylation sites (N-methyl/N-ethyl adjacent to an activating group) is 1. The van der Waals surface area contributed by atoms with Gasteiger partial charge in [0, 0.05) is 42.1 Å². The number of alkyl halides is 1. The first-order chi connectivity index (χ1) is 9.11. The number of imidazole rings is 1. The highest BCUT2D eigenvalue weighted by molar-refractivity contribution is 9.08. The summed E-state index contributed by atoms with van der Waals surface area (Å²) >= 11 is 5.31. The minimum Gasteiger partial charge on any atom is -0.352 e. The van der Waals surface area contributed by atoms with Gasteiger partial charge >= 0.3 is 0 Å². The van der Waals surface area contributed by atoms with E-state index in [1.165, 1.54) is 5.69 Å². The summed E-state index contributed by atoms with van der Waals surface area (Å²) in [6, 6.07) is 1.12. The van der Waals surface area contributed by atoms with Crippen molar-refractivity contribution in [3.63, 3.8) is 0 Å². The summed E-state index contributed by atoms with van der Waals surface area (Å²) in [6.45, 7) is 6.67. The maximum atomic E-state index is 4.82. The summed E-state index contributed by atoms with van der Waals surface area (Å²) < 4.78 is 2.20. The Balaban J connectivity index is 1.97. The van der Waals surface area contributed by atoms with Gasteiger partial charge in [0.15, 0.2) is 10.8 Å². The molecule has 2 aromatic rings. The van der Waals surface area contributed by atoms with Crippen molar-refractivity contribution >= 4 is 38.0 Å². The van der Waals surface area contributed by atoms with E-state index in [-0.39, 0.29) is 0 Å². The standard InChI is InChI=1S/C13H19BrN4S/c1-9-7-17(8-10(2)16(9)3)12-11(6-14)18-4-5-19-13(18)15-12/h4-5,9-10H,6-8H2,1-3H3. The second-order valence-electron chi connectivity index (χ2n) is 5.34. The van der Waals surface area contributed by atoms with E-state index in [1.54, 1.807) is 11.3 Å². The molecular formula is C13H19BrN4S. The molecule has 1 aliphatic rings. The first-order valence-corrected chi connectivity index (χ1v) is 8.59. The van der Waals surface area contributed by atoms with Crippen molar-refractivity contribution in [2.24, 2.45) is 0 Å². The highest BCUT2D eigenvalue weighted by Gasteiger charge is 2.29. The first kappa shape index (κ1) is 13.4. The number of anilines is 1. The van der Waals surface area contributed by atoms with Crippen LogP contribution in [-0.4, -0.2) is 46.5 Å². The monoisotopic (exact) mass is 342 g/mol.